The van der Waals surface area contributed by atoms with Gasteiger partial charge in [0.05, 0.1) is 5.69 Å². The predicted molar refractivity (Wildman–Crippen MR) is 99.5 cm³/mol. The van der Waals surface area contributed by atoms with E-state index in [0.29, 0.717) is 24.9 Å². The highest BCUT2D eigenvalue weighted by Gasteiger charge is 2.48. The van der Waals surface area contributed by atoms with Crippen molar-refractivity contribution in [3.8, 4) is 0 Å². The van der Waals surface area contributed by atoms with Gasteiger partial charge in [-0.3, -0.25) is 9.59 Å². The standard InChI is InChI=1S/C19H16ClFN4O3/c20-16-8-11(4-6-22-16)17(26)23-13-5-7-24-15(10-13)18(27)25(19(24)28)14-3-1-2-12(21)9-14/h1-4,6,8-9,13,15H,5,7,10H2,(H,23,26). The molecule has 4 amide bonds. The Morgan fingerprint density at radius 1 is 1.25 bits per heavy atom. The number of urea groups is 1. The average molecular weight is 403 g/mol. The molecule has 0 bridgehead atoms. The summed E-state index contributed by atoms with van der Waals surface area (Å²) in [5.74, 6) is -1.26. The number of hydrogen-bond donors (Lipinski definition) is 1. The van der Waals surface area contributed by atoms with Crippen LogP contribution in [0.4, 0.5) is 14.9 Å². The zero-order chi connectivity index (χ0) is 19.8. The maximum atomic E-state index is 13.5. The maximum absolute atomic E-state index is 13.5. The van der Waals surface area contributed by atoms with Gasteiger partial charge in [-0.25, -0.2) is 19.1 Å². The molecule has 2 saturated heterocycles. The van der Waals surface area contributed by atoms with Gasteiger partial charge in [0, 0.05) is 24.3 Å². The van der Waals surface area contributed by atoms with Gasteiger partial charge in [-0.05, 0) is 43.2 Å². The molecule has 2 unspecified atom stereocenters. The van der Waals surface area contributed by atoms with Gasteiger partial charge < -0.3 is 10.2 Å². The fourth-order valence-electron chi connectivity index (χ4n) is 3.60. The Balaban J connectivity index is 1.48. The molecule has 2 aromatic rings. The number of aromatic nitrogens is 1. The summed E-state index contributed by atoms with van der Waals surface area (Å²) in [6.45, 7) is 0.323. The monoisotopic (exact) mass is 402 g/mol. The van der Waals surface area contributed by atoms with E-state index in [2.05, 4.69) is 10.3 Å². The fraction of sp³-hybridized carbons (Fsp3) is 0.263. The zero-order valence-corrected chi connectivity index (χ0v) is 15.4. The van der Waals surface area contributed by atoms with Gasteiger partial charge >= 0.3 is 6.03 Å². The zero-order valence-electron chi connectivity index (χ0n) is 14.6. The van der Waals surface area contributed by atoms with Gasteiger partial charge in [0.25, 0.3) is 11.8 Å². The first-order valence-corrected chi connectivity index (χ1v) is 9.14. The molecule has 2 fully saturated rings. The number of rotatable bonds is 3. The number of carbonyl (C=O) groups is 3. The van der Waals surface area contributed by atoms with Crippen molar-refractivity contribution in [1.82, 2.24) is 15.2 Å². The van der Waals surface area contributed by atoms with Crippen molar-refractivity contribution in [3.63, 3.8) is 0 Å². The molecule has 7 nitrogen and oxygen atoms in total. The smallest absolute Gasteiger partial charge is 0.332 e. The topological polar surface area (TPSA) is 82.6 Å². The molecule has 0 aliphatic carbocycles. The van der Waals surface area contributed by atoms with Crippen molar-refractivity contribution in [2.24, 2.45) is 0 Å². The number of anilines is 1. The molecular weight excluding hydrogens is 387 g/mol. The van der Waals surface area contributed by atoms with Gasteiger partial charge in [-0.2, -0.15) is 0 Å². The number of carbonyl (C=O) groups excluding carboxylic acids is 3. The highest BCUT2D eigenvalue weighted by atomic mass is 35.5. The van der Waals surface area contributed by atoms with E-state index in [1.807, 2.05) is 0 Å². The van der Waals surface area contributed by atoms with E-state index < -0.39 is 23.8 Å². The van der Waals surface area contributed by atoms with Crippen LogP contribution in [0.25, 0.3) is 0 Å². The van der Waals surface area contributed by atoms with E-state index in [1.165, 1.54) is 35.4 Å². The molecule has 28 heavy (non-hydrogen) atoms. The molecule has 2 atom stereocenters. The van der Waals surface area contributed by atoms with Crippen LogP contribution in [-0.4, -0.2) is 46.4 Å². The minimum atomic E-state index is -0.684. The summed E-state index contributed by atoms with van der Waals surface area (Å²) in [7, 11) is 0. The van der Waals surface area contributed by atoms with Crippen LogP contribution in [0.15, 0.2) is 42.6 Å². The minimum Gasteiger partial charge on any atom is -0.349 e. The number of halogens is 2. The first kappa shape index (κ1) is 18.4. The van der Waals surface area contributed by atoms with E-state index >= 15 is 0 Å². The van der Waals surface area contributed by atoms with Crippen molar-refractivity contribution < 1.29 is 18.8 Å². The second-order valence-electron chi connectivity index (χ2n) is 6.71. The Labute approximate surface area is 165 Å². The molecule has 1 aromatic carbocycles. The highest BCUT2D eigenvalue weighted by Crippen LogP contribution is 2.31. The highest BCUT2D eigenvalue weighted by molar-refractivity contribution is 6.29. The fourth-order valence-corrected chi connectivity index (χ4v) is 3.77. The van der Waals surface area contributed by atoms with Crippen molar-refractivity contribution >= 4 is 35.1 Å². The SMILES string of the molecule is O=C(NC1CCN2C(=O)N(c3cccc(F)c3)C(=O)C2C1)c1ccnc(Cl)c1. The summed E-state index contributed by atoms with van der Waals surface area (Å²) >= 11 is 5.81. The molecule has 0 radical (unpaired) electrons. The second kappa shape index (κ2) is 7.20. The molecular formula is C19H16ClFN4O3. The number of piperidine rings is 1. The van der Waals surface area contributed by atoms with Gasteiger partial charge in [0.2, 0.25) is 0 Å². The summed E-state index contributed by atoms with van der Waals surface area (Å²) in [6, 6.07) is 6.95. The van der Waals surface area contributed by atoms with Crippen LogP contribution >= 0.6 is 11.6 Å². The van der Waals surface area contributed by atoms with Gasteiger partial charge in [0.1, 0.15) is 17.0 Å². The van der Waals surface area contributed by atoms with Crippen LogP contribution in [0.3, 0.4) is 0 Å². The molecule has 9 heteroatoms. The Morgan fingerprint density at radius 2 is 2.07 bits per heavy atom. The molecule has 2 aliphatic heterocycles. The number of hydrogen-bond acceptors (Lipinski definition) is 4. The maximum Gasteiger partial charge on any atom is 0.332 e. The van der Waals surface area contributed by atoms with E-state index in [0.717, 1.165) is 11.0 Å². The number of pyridine rings is 1. The molecule has 1 N–H and O–H groups in total. The van der Waals surface area contributed by atoms with Crippen molar-refractivity contribution in [2.45, 2.75) is 24.9 Å². The largest absolute Gasteiger partial charge is 0.349 e. The van der Waals surface area contributed by atoms with Crippen LogP contribution in [0.1, 0.15) is 23.2 Å². The third-order valence-electron chi connectivity index (χ3n) is 4.94. The van der Waals surface area contributed by atoms with Gasteiger partial charge in [0.15, 0.2) is 0 Å². The number of amides is 4. The number of nitrogens with zero attached hydrogens (tertiary/aromatic N) is 3. The van der Waals surface area contributed by atoms with Crippen molar-refractivity contribution in [3.05, 3.63) is 59.1 Å². The van der Waals surface area contributed by atoms with E-state index in [1.54, 1.807) is 6.07 Å². The molecule has 4 rings (SSSR count). The van der Waals surface area contributed by atoms with Crippen LogP contribution in [-0.2, 0) is 4.79 Å². The van der Waals surface area contributed by atoms with E-state index in [4.69, 9.17) is 11.6 Å². The number of imide groups is 1. The lowest BCUT2D eigenvalue weighted by molar-refractivity contribution is -0.120. The van der Waals surface area contributed by atoms with E-state index in [-0.39, 0.29) is 22.8 Å². The number of benzene rings is 1. The normalized spacial score (nSPS) is 21.6. The third-order valence-corrected chi connectivity index (χ3v) is 5.14. The van der Waals surface area contributed by atoms with Crippen LogP contribution in [0, 0.1) is 5.82 Å². The van der Waals surface area contributed by atoms with Gasteiger partial charge in [-0.1, -0.05) is 17.7 Å². The molecule has 0 spiro atoms. The molecule has 0 saturated carbocycles. The summed E-state index contributed by atoms with van der Waals surface area (Å²) in [5, 5.41) is 3.09. The Morgan fingerprint density at radius 3 is 2.82 bits per heavy atom. The summed E-state index contributed by atoms with van der Waals surface area (Å²) in [6.07, 6.45) is 2.24. The summed E-state index contributed by atoms with van der Waals surface area (Å²) in [4.78, 5) is 44.2. The lowest BCUT2D eigenvalue weighted by Crippen LogP contribution is -2.49. The molecule has 1 aromatic heterocycles. The number of nitrogens with one attached hydrogen (secondary N) is 1. The third kappa shape index (κ3) is 3.31. The Bertz CT molecular complexity index is 970. The average Bonchev–Trinajstić information content (AvgIpc) is 2.92. The summed E-state index contributed by atoms with van der Waals surface area (Å²) in [5.41, 5.74) is 0.578. The Hall–Kier alpha value is -3.00. The molecule has 144 valence electrons. The van der Waals surface area contributed by atoms with Crippen LogP contribution in [0.5, 0.6) is 0 Å². The lowest BCUT2D eigenvalue weighted by Gasteiger charge is -2.32. The quantitative estimate of drug-likeness (QED) is 0.632. The van der Waals surface area contributed by atoms with E-state index in [9.17, 15) is 18.8 Å². The first-order valence-electron chi connectivity index (χ1n) is 8.76. The lowest BCUT2D eigenvalue weighted by atomic mass is 9.97. The molecule has 2 aliphatic rings. The van der Waals surface area contributed by atoms with Crippen LogP contribution < -0.4 is 10.2 Å². The van der Waals surface area contributed by atoms with Gasteiger partial charge in [-0.15, -0.1) is 0 Å². The Kier molecular flexibility index (Phi) is 4.72. The second-order valence-corrected chi connectivity index (χ2v) is 7.09. The number of fused-ring (bicyclic) bond motifs is 1. The van der Waals surface area contributed by atoms with Crippen molar-refractivity contribution in [2.75, 3.05) is 11.4 Å². The predicted octanol–water partition coefficient (Wildman–Crippen LogP) is 2.60. The van der Waals surface area contributed by atoms with Crippen molar-refractivity contribution in [1.29, 1.82) is 0 Å². The molecule has 3 heterocycles. The first-order chi connectivity index (χ1) is 13.4. The van der Waals surface area contributed by atoms with Crippen LogP contribution in [0.2, 0.25) is 5.15 Å². The summed E-state index contributed by atoms with van der Waals surface area (Å²) < 4.78 is 13.5. The minimum absolute atomic E-state index is 0.205.